The van der Waals surface area contributed by atoms with Crippen LogP contribution in [0.25, 0.3) is 0 Å². The largest absolute Gasteiger partial charge is 0.497 e. The molecule has 2 aromatic carbocycles. The second kappa shape index (κ2) is 10.0. The molecule has 1 amide bonds. The molecule has 1 aliphatic rings. The van der Waals surface area contributed by atoms with Crippen molar-refractivity contribution in [3.05, 3.63) is 54.1 Å². The van der Waals surface area contributed by atoms with E-state index in [2.05, 4.69) is 19.2 Å². The van der Waals surface area contributed by atoms with Crippen molar-refractivity contribution in [3.8, 4) is 11.5 Å². The minimum atomic E-state index is -3.74. The highest BCUT2D eigenvalue weighted by Crippen LogP contribution is 2.42. The first-order valence-electron chi connectivity index (χ1n) is 11.4. The van der Waals surface area contributed by atoms with Gasteiger partial charge in [-0.2, -0.15) is 0 Å². The highest BCUT2D eigenvalue weighted by Gasteiger charge is 2.40. The number of fused-ring (bicyclic) bond motifs is 1. The molecule has 0 saturated heterocycles. The van der Waals surface area contributed by atoms with E-state index in [1.54, 1.807) is 24.3 Å². The lowest BCUT2D eigenvalue weighted by Gasteiger charge is -2.42. The van der Waals surface area contributed by atoms with Gasteiger partial charge in [-0.3, -0.25) is 9.10 Å². The van der Waals surface area contributed by atoms with Gasteiger partial charge in [0.15, 0.2) is 0 Å². The number of nitrogens with zero attached hydrogens (tertiary/aromatic N) is 1. The monoisotopic (exact) mass is 474 g/mol. The summed E-state index contributed by atoms with van der Waals surface area (Å²) in [6, 6.07) is 13.3. The zero-order valence-electron chi connectivity index (χ0n) is 20.0. The number of carbonyl (C=O) groups excluding carboxylic acids is 1. The maximum absolute atomic E-state index is 13.6. The van der Waals surface area contributed by atoms with E-state index in [0.29, 0.717) is 24.3 Å². The van der Waals surface area contributed by atoms with Crippen LogP contribution in [0, 0.1) is 0 Å². The average molecular weight is 475 g/mol. The number of ether oxygens (including phenoxy) is 2. The van der Waals surface area contributed by atoms with E-state index in [4.69, 9.17) is 9.47 Å². The van der Waals surface area contributed by atoms with Gasteiger partial charge >= 0.3 is 0 Å². The molecule has 1 N–H and O–H groups in total. The molecule has 0 radical (unpaired) electrons. The number of rotatable bonds is 9. The first-order valence-corrected chi connectivity index (χ1v) is 13.2. The molecular weight excluding hydrogens is 440 g/mol. The van der Waals surface area contributed by atoms with E-state index >= 15 is 0 Å². The van der Waals surface area contributed by atoms with Gasteiger partial charge in [0.1, 0.15) is 23.1 Å². The molecule has 0 saturated carbocycles. The summed E-state index contributed by atoms with van der Waals surface area (Å²) in [5, 5.41) is 3.14. The number of hydrogen-bond acceptors (Lipinski definition) is 5. The maximum atomic E-state index is 13.6. The summed E-state index contributed by atoms with van der Waals surface area (Å²) < 4.78 is 38.4. The Kier molecular flexibility index (Phi) is 7.57. The smallest absolute Gasteiger partial charge is 0.244 e. The normalized spacial score (nSPS) is 17.9. The van der Waals surface area contributed by atoms with Crippen molar-refractivity contribution in [2.45, 2.75) is 64.1 Å². The molecule has 180 valence electrons. The Morgan fingerprint density at radius 1 is 1.18 bits per heavy atom. The van der Waals surface area contributed by atoms with Gasteiger partial charge in [-0.05, 0) is 37.5 Å². The summed E-state index contributed by atoms with van der Waals surface area (Å²) in [5.41, 5.74) is 0.922. The van der Waals surface area contributed by atoms with E-state index in [1.807, 2.05) is 31.2 Å². The summed E-state index contributed by atoms with van der Waals surface area (Å²) in [6.07, 6.45) is 3.66. The standard InChI is InChI=1S/C25H34N2O5S/c1-6-22(27(33(5,29)30)18-12-11-13-19(16-18)31-4)24(28)26-21-17-25(7-2,8-3)32-23-15-10-9-14-20(21)23/h9-16,21-22H,6-8,17H2,1-5H3,(H,26,28)/t21-,22-/m0/s1. The minimum absolute atomic E-state index is 0.275. The molecule has 0 aromatic heterocycles. The number of nitrogens with one attached hydrogen (secondary N) is 1. The van der Waals surface area contributed by atoms with Crippen LogP contribution in [-0.2, 0) is 14.8 Å². The summed E-state index contributed by atoms with van der Waals surface area (Å²) >= 11 is 0. The first kappa shape index (κ1) is 24.9. The summed E-state index contributed by atoms with van der Waals surface area (Å²) in [6.45, 7) is 5.97. The van der Waals surface area contributed by atoms with Crippen LogP contribution >= 0.6 is 0 Å². The number of methoxy groups -OCH3 is 1. The molecule has 8 heteroatoms. The fourth-order valence-electron chi connectivity index (χ4n) is 4.51. The van der Waals surface area contributed by atoms with E-state index in [0.717, 1.165) is 30.4 Å². The second-order valence-electron chi connectivity index (χ2n) is 8.48. The fourth-order valence-corrected chi connectivity index (χ4v) is 5.71. The number of anilines is 1. The van der Waals surface area contributed by atoms with E-state index in [-0.39, 0.29) is 17.6 Å². The zero-order chi connectivity index (χ0) is 24.2. The van der Waals surface area contributed by atoms with Crippen molar-refractivity contribution in [2.75, 3.05) is 17.7 Å². The Bertz CT molecular complexity index is 1080. The molecule has 2 atom stereocenters. The molecule has 0 unspecified atom stereocenters. The van der Waals surface area contributed by atoms with Crippen LogP contribution in [0.1, 0.15) is 58.1 Å². The number of para-hydroxylation sites is 1. The topological polar surface area (TPSA) is 84.9 Å². The number of benzene rings is 2. The third-order valence-electron chi connectivity index (χ3n) is 6.44. The summed E-state index contributed by atoms with van der Waals surface area (Å²) in [5.74, 6) is 0.942. The third-order valence-corrected chi connectivity index (χ3v) is 7.62. The number of carbonyl (C=O) groups is 1. The second-order valence-corrected chi connectivity index (χ2v) is 10.3. The molecule has 1 heterocycles. The van der Waals surface area contributed by atoms with Crippen LogP contribution < -0.4 is 19.1 Å². The third kappa shape index (κ3) is 5.27. The summed E-state index contributed by atoms with van der Waals surface area (Å²) in [4.78, 5) is 13.6. The first-order chi connectivity index (χ1) is 15.7. The van der Waals surface area contributed by atoms with Crippen molar-refractivity contribution < 1.29 is 22.7 Å². The van der Waals surface area contributed by atoms with Crippen LogP contribution in [0.4, 0.5) is 5.69 Å². The van der Waals surface area contributed by atoms with Crippen molar-refractivity contribution in [1.82, 2.24) is 5.32 Å². The molecule has 0 spiro atoms. The number of amides is 1. The van der Waals surface area contributed by atoms with Gasteiger partial charge in [0.05, 0.1) is 25.1 Å². The predicted molar refractivity (Wildman–Crippen MR) is 130 cm³/mol. The lowest BCUT2D eigenvalue weighted by molar-refractivity contribution is -0.123. The van der Waals surface area contributed by atoms with Crippen LogP contribution in [0.15, 0.2) is 48.5 Å². The average Bonchev–Trinajstić information content (AvgIpc) is 2.81. The van der Waals surface area contributed by atoms with Gasteiger partial charge in [0, 0.05) is 18.1 Å². The van der Waals surface area contributed by atoms with Gasteiger partial charge in [-0.1, -0.05) is 45.0 Å². The Labute approximate surface area is 197 Å². The van der Waals surface area contributed by atoms with Gasteiger partial charge in [-0.25, -0.2) is 8.42 Å². The quantitative estimate of drug-likeness (QED) is 0.581. The molecule has 0 aliphatic carbocycles. The lowest BCUT2D eigenvalue weighted by Crippen LogP contribution is -2.52. The number of hydrogen-bond donors (Lipinski definition) is 1. The van der Waals surface area contributed by atoms with Crippen molar-refractivity contribution in [1.29, 1.82) is 0 Å². The van der Waals surface area contributed by atoms with Gasteiger partial charge in [0.25, 0.3) is 0 Å². The Hall–Kier alpha value is -2.74. The maximum Gasteiger partial charge on any atom is 0.244 e. The fraction of sp³-hybridized carbons (Fsp3) is 0.480. The number of sulfonamides is 1. The van der Waals surface area contributed by atoms with Gasteiger partial charge in [0.2, 0.25) is 15.9 Å². The van der Waals surface area contributed by atoms with E-state index in [9.17, 15) is 13.2 Å². The molecule has 1 aliphatic heterocycles. The van der Waals surface area contributed by atoms with Crippen molar-refractivity contribution in [2.24, 2.45) is 0 Å². The molecule has 2 aromatic rings. The Morgan fingerprint density at radius 2 is 1.88 bits per heavy atom. The molecular formula is C25H34N2O5S. The highest BCUT2D eigenvalue weighted by molar-refractivity contribution is 7.92. The zero-order valence-corrected chi connectivity index (χ0v) is 20.8. The SMILES string of the molecule is CC[C@@H](C(=O)N[C@H]1CC(CC)(CC)Oc2ccccc21)N(c1cccc(OC)c1)S(C)(=O)=O. The van der Waals surface area contributed by atoms with Crippen molar-refractivity contribution in [3.63, 3.8) is 0 Å². The van der Waals surface area contributed by atoms with Crippen LogP contribution in [-0.4, -0.2) is 39.3 Å². The molecule has 0 fully saturated rings. The van der Waals surface area contributed by atoms with Crippen LogP contribution in [0.2, 0.25) is 0 Å². The van der Waals surface area contributed by atoms with Crippen molar-refractivity contribution >= 4 is 21.6 Å². The Balaban J connectivity index is 1.96. The summed E-state index contributed by atoms with van der Waals surface area (Å²) in [7, 11) is -2.22. The predicted octanol–water partition coefficient (Wildman–Crippen LogP) is 4.44. The van der Waals surface area contributed by atoms with E-state index < -0.39 is 16.1 Å². The van der Waals surface area contributed by atoms with E-state index in [1.165, 1.54) is 11.4 Å². The minimum Gasteiger partial charge on any atom is -0.497 e. The van der Waals surface area contributed by atoms with Gasteiger partial charge < -0.3 is 14.8 Å². The molecule has 7 nitrogen and oxygen atoms in total. The molecule has 33 heavy (non-hydrogen) atoms. The van der Waals surface area contributed by atoms with Crippen LogP contribution in [0.3, 0.4) is 0 Å². The lowest BCUT2D eigenvalue weighted by atomic mass is 9.83. The van der Waals surface area contributed by atoms with Crippen LogP contribution in [0.5, 0.6) is 11.5 Å². The molecule has 3 rings (SSSR count). The Morgan fingerprint density at radius 3 is 2.48 bits per heavy atom. The highest BCUT2D eigenvalue weighted by atomic mass is 32.2. The van der Waals surface area contributed by atoms with Gasteiger partial charge in [-0.15, -0.1) is 0 Å². The molecule has 0 bridgehead atoms.